The summed E-state index contributed by atoms with van der Waals surface area (Å²) >= 11 is 0. The monoisotopic (exact) mass is 227 g/mol. The number of nitrogens with zero attached hydrogens (tertiary/aromatic N) is 3. The van der Waals surface area contributed by atoms with Crippen molar-refractivity contribution in [3.05, 3.63) is 5.89 Å². The summed E-state index contributed by atoms with van der Waals surface area (Å²) in [7, 11) is 5.18. The second-order valence-corrected chi connectivity index (χ2v) is 3.60. The largest absolute Gasteiger partial charge is 0.406 e. The van der Waals surface area contributed by atoms with Crippen molar-refractivity contribution in [2.75, 3.05) is 33.0 Å². The van der Waals surface area contributed by atoms with E-state index in [1.807, 2.05) is 6.92 Å². The molecule has 0 saturated carbocycles. The number of amides is 1. The molecule has 0 aromatic carbocycles. The van der Waals surface area contributed by atoms with Crippen molar-refractivity contribution < 1.29 is 9.21 Å². The Bertz CT molecular complexity index is 349. The van der Waals surface area contributed by atoms with E-state index in [-0.39, 0.29) is 24.5 Å². The maximum Gasteiger partial charge on any atom is 0.315 e. The summed E-state index contributed by atoms with van der Waals surface area (Å²) in [6, 6.07) is 0.250. The van der Waals surface area contributed by atoms with Gasteiger partial charge in [0.1, 0.15) is 0 Å². The van der Waals surface area contributed by atoms with Crippen molar-refractivity contribution in [2.24, 2.45) is 0 Å². The molecule has 1 aromatic rings. The first-order valence-corrected chi connectivity index (χ1v) is 4.99. The summed E-state index contributed by atoms with van der Waals surface area (Å²) in [5, 5.41) is 13.4. The molecule has 0 saturated heterocycles. The van der Waals surface area contributed by atoms with E-state index in [1.54, 1.807) is 21.1 Å². The highest BCUT2D eigenvalue weighted by molar-refractivity contribution is 5.79. The predicted molar refractivity (Wildman–Crippen MR) is 59.0 cm³/mol. The van der Waals surface area contributed by atoms with Crippen LogP contribution >= 0.6 is 0 Å². The van der Waals surface area contributed by atoms with Crippen molar-refractivity contribution in [3.63, 3.8) is 0 Å². The van der Waals surface area contributed by atoms with Gasteiger partial charge in [0.15, 0.2) is 0 Å². The van der Waals surface area contributed by atoms with Crippen LogP contribution in [0.1, 0.15) is 18.9 Å². The highest BCUT2D eigenvalue weighted by Crippen LogP contribution is 2.12. The van der Waals surface area contributed by atoms with Crippen LogP contribution in [0.2, 0.25) is 0 Å². The molecule has 1 rings (SSSR count). The van der Waals surface area contributed by atoms with E-state index >= 15 is 0 Å². The molecule has 0 aliphatic heterocycles. The van der Waals surface area contributed by atoms with Crippen LogP contribution in [-0.4, -0.2) is 48.7 Å². The third kappa shape index (κ3) is 3.20. The second-order valence-electron chi connectivity index (χ2n) is 3.60. The summed E-state index contributed by atoms with van der Waals surface area (Å²) in [5.41, 5.74) is 0. The van der Waals surface area contributed by atoms with Gasteiger partial charge in [0.05, 0.1) is 12.6 Å². The van der Waals surface area contributed by atoms with Crippen molar-refractivity contribution >= 4 is 11.9 Å². The van der Waals surface area contributed by atoms with Gasteiger partial charge in [0.2, 0.25) is 11.8 Å². The summed E-state index contributed by atoms with van der Waals surface area (Å²) in [6.45, 7) is 2.05. The highest BCUT2D eigenvalue weighted by atomic mass is 16.4. The molecule has 0 aliphatic rings. The van der Waals surface area contributed by atoms with Crippen LogP contribution in [0.5, 0.6) is 0 Å². The maximum absolute atomic E-state index is 11.3. The zero-order valence-corrected chi connectivity index (χ0v) is 9.94. The van der Waals surface area contributed by atoms with Crippen LogP contribution in [0.25, 0.3) is 0 Å². The molecule has 2 N–H and O–H groups in total. The predicted octanol–water partition coefficient (Wildman–Crippen LogP) is -0.150. The summed E-state index contributed by atoms with van der Waals surface area (Å²) in [4.78, 5) is 12.8. The maximum atomic E-state index is 11.3. The number of carbonyl (C=O) groups is 1. The van der Waals surface area contributed by atoms with Gasteiger partial charge >= 0.3 is 6.01 Å². The summed E-state index contributed by atoms with van der Waals surface area (Å²) in [6.07, 6.45) is 0. The number of rotatable bonds is 5. The highest BCUT2D eigenvalue weighted by Gasteiger charge is 2.12. The standard InChI is InChI=1S/C9H17N5O2/c1-6(10-2)8-12-13-9(16-8)11-5-7(15)14(3)4/h6,10H,5H2,1-4H3,(H,11,13). The van der Waals surface area contributed by atoms with Crippen LogP contribution in [0.4, 0.5) is 6.01 Å². The Balaban J connectivity index is 2.49. The molecule has 1 amide bonds. The van der Waals surface area contributed by atoms with Gasteiger partial charge in [-0.15, -0.1) is 5.10 Å². The van der Waals surface area contributed by atoms with Crippen molar-refractivity contribution in [1.82, 2.24) is 20.4 Å². The molecule has 0 radical (unpaired) electrons. The Morgan fingerprint density at radius 2 is 2.19 bits per heavy atom. The van der Waals surface area contributed by atoms with Gasteiger partial charge in [0.25, 0.3) is 0 Å². The third-order valence-electron chi connectivity index (χ3n) is 2.13. The number of aromatic nitrogens is 2. The minimum atomic E-state index is -0.0542. The van der Waals surface area contributed by atoms with E-state index in [0.717, 1.165) is 0 Å². The smallest absolute Gasteiger partial charge is 0.315 e. The van der Waals surface area contributed by atoms with Gasteiger partial charge in [-0.2, -0.15) is 0 Å². The summed E-state index contributed by atoms with van der Waals surface area (Å²) in [5.74, 6) is 0.434. The molecule has 1 unspecified atom stereocenters. The topological polar surface area (TPSA) is 83.3 Å². The van der Waals surface area contributed by atoms with Crippen LogP contribution < -0.4 is 10.6 Å². The van der Waals surface area contributed by atoms with Gasteiger partial charge < -0.3 is 20.0 Å². The zero-order valence-electron chi connectivity index (χ0n) is 9.94. The molecule has 90 valence electrons. The average Bonchev–Trinajstić information content (AvgIpc) is 2.73. The first-order valence-electron chi connectivity index (χ1n) is 4.99. The van der Waals surface area contributed by atoms with Gasteiger partial charge in [-0.3, -0.25) is 4.79 Å². The van der Waals surface area contributed by atoms with Gasteiger partial charge in [-0.1, -0.05) is 5.10 Å². The number of likely N-dealkylation sites (N-methyl/N-ethyl adjacent to an activating group) is 1. The number of hydrogen-bond acceptors (Lipinski definition) is 6. The van der Waals surface area contributed by atoms with Gasteiger partial charge in [-0.25, -0.2) is 0 Å². The molecule has 7 nitrogen and oxygen atoms in total. The first kappa shape index (κ1) is 12.4. The van der Waals surface area contributed by atoms with Crippen molar-refractivity contribution in [2.45, 2.75) is 13.0 Å². The Kier molecular flexibility index (Phi) is 4.24. The lowest BCUT2D eigenvalue weighted by molar-refractivity contribution is -0.126. The van der Waals surface area contributed by atoms with E-state index in [9.17, 15) is 4.79 Å². The molecule has 1 aromatic heterocycles. The Morgan fingerprint density at radius 1 is 1.50 bits per heavy atom. The number of nitrogens with one attached hydrogen (secondary N) is 2. The van der Waals surface area contributed by atoms with Gasteiger partial charge in [-0.05, 0) is 14.0 Å². The average molecular weight is 227 g/mol. The lowest BCUT2D eigenvalue weighted by Crippen LogP contribution is -2.28. The quantitative estimate of drug-likeness (QED) is 0.728. The molecule has 16 heavy (non-hydrogen) atoms. The van der Waals surface area contributed by atoms with Crippen LogP contribution in [0.15, 0.2) is 4.42 Å². The Morgan fingerprint density at radius 3 is 2.75 bits per heavy atom. The van der Waals surface area contributed by atoms with E-state index in [1.165, 1.54) is 4.90 Å². The van der Waals surface area contributed by atoms with E-state index in [0.29, 0.717) is 5.89 Å². The lowest BCUT2D eigenvalue weighted by Gasteiger charge is -2.09. The SMILES string of the molecule is CNC(C)c1nnc(NCC(=O)N(C)C)o1. The fourth-order valence-corrected chi connectivity index (χ4v) is 0.914. The zero-order chi connectivity index (χ0) is 12.1. The third-order valence-corrected chi connectivity index (χ3v) is 2.13. The first-order chi connectivity index (χ1) is 7.54. The van der Waals surface area contributed by atoms with Gasteiger partial charge in [0, 0.05) is 14.1 Å². The minimum Gasteiger partial charge on any atom is -0.406 e. The number of anilines is 1. The minimum absolute atomic E-state index is 0.00685. The molecule has 0 fully saturated rings. The van der Waals surface area contributed by atoms with Crippen LogP contribution in [-0.2, 0) is 4.79 Å². The van der Waals surface area contributed by atoms with Crippen LogP contribution in [0.3, 0.4) is 0 Å². The molecule has 0 spiro atoms. The van der Waals surface area contributed by atoms with Crippen molar-refractivity contribution in [3.8, 4) is 0 Å². The Hall–Kier alpha value is -1.63. The summed E-state index contributed by atoms with van der Waals surface area (Å²) < 4.78 is 5.30. The molecule has 1 atom stereocenters. The number of hydrogen-bond donors (Lipinski definition) is 2. The lowest BCUT2D eigenvalue weighted by atomic mass is 10.3. The fourth-order valence-electron chi connectivity index (χ4n) is 0.914. The Labute approximate surface area is 94.2 Å². The van der Waals surface area contributed by atoms with E-state index in [2.05, 4.69) is 20.8 Å². The molecular formula is C9H17N5O2. The molecule has 1 heterocycles. The molecule has 0 aliphatic carbocycles. The van der Waals surface area contributed by atoms with E-state index < -0.39 is 0 Å². The molecule has 7 heteroatoms. The molecule has 0 bridgehead atoms. The fraction of sp³-hybridized carbons (Fsp3) is 0.667. The van der Waals surface area contributed by atoms with E-state index in [4.69, 9.17) is 4.42 Å². The second kappa shape index (κ2) is 5.45. The van der Waals surface area contributed by atoms with Crippen LogP contribution in [0, 0.1) is 0 Å². The number of carbonyl (C=O) groups excluding carboxylic acids is 1. The molecular weight excluding hydrogens is 210 g/mol. The van der Waals surface area contributed by atoms with Crippen molar-refractivity contribution in [1.29, 1.82) is 0 Å². The normalized spacial score (nSPS) is 12.2.